The molecule has 0 aliphatic carbocycles. The average Bonchev–Trinajstić information content (AvgIpc) is 3.11. The number of rotatable bonds is 9. The van der Waals surface area contributed by atoms with E-state index in [0.29, 0.717) is 25.4 Å². The summed E-state index contributed by atoms with van der Waals surface area (Å²) in [6, 6.07) is 8.01. The van der Waals surface area contributed by atoms with E-state index < -0.39 is 0 Å². The molecule has 0 aliphatic rings. The fourth-order valence-electron chi connectivity index (χ4n) is 2.40. The van der Waals surface area contributed by atoms with Gasteiger partial charge in [-0.1, -0.05) is 37.2 Å². The van der Waals surface area contributed by atoms with E-state index in [0.717, 1.165) is 29.6 Å². The Morgan fingerprint density at radius 1 is 1.21 bits per heavy atom. The number of benzene rings is 1. The second-order valence-corrected chi connectivity index (χ2v) is 6.79. The van der Waals surface area contributed by atoms with Crippen molar-refractivity contribution >= 4 is 29.9 Å². The largest absolute Gasteiger partial charge is 0.489 e. The minimum absolute atomic E-state index is 0. The van der Waals surface area contributed by atoms with Gasteiger partial charge in [-0.15, -0.1) is 24.0 Å². The molecule has 2 aromatic rings. The molecule has 0 radical (unpaired) electrons. The lowest BCUT2D eigenvalue weighted by molar-refractivity contribution is 0.228. The van der Waals surface area contributed by atoms with Crippen LogP contribution >= 0.6 is 24.0 Å². The number of hydrogen-bond acceptors (Lipinski definition) is 5. The smallest absolute Gasteiger partial charge is 0.228 e. The first-order valence-corrected chi connectivity index (χ1v) is 9.56. The first-order valence-electron chi connectivity index (χ1n) is 9.56. The second-order valence-electron chi connectivity index (χ2n) is 6.79. The highest BCUT2D eigenvalue weighted by atomic mass is 127. The Labute approximate surface area is 184 Å². The van der Waals surface area contributed by atoms with Gasteiger partial charge in [0, 0.05) is 25.4 Å². The Morgan fingerprint density at radius 2 is 1.96 bits per heavy atom. The summed E-state index contributed by atoms with van der Waals surface area (Å²) in [5, 5.41) is 10.5. The van der Waals surface area contributed by atoms with E-state index in [-0.39, 0.29) is 36.0 Å². The molecule has 0 aliphatic heterocycles. The van der Waals surface area contributed by atoms with Crippen LogP contribution in [-0.2, 0) is 6.42 Å². The standard InChI is InChI=1S/C20H31N5O2.HI/c1-6-21-20(22-12-11-18-24-19(14(2)3)25-27-18)23-13-16(5)26-17-10-8-7-9-15(17)4;/h7-10,14,16H,6,11-13H2,1-5H3,(H2,21,22,23);1H. The first-order chi connectivity index (χ1) is 13.0. The molecule has 156 valence electrons. The van der Waals surface area contributed by atoms with Crippen LogP contribution in [0.1, 0.15) is 50.9 Å². The topological polar surface area (TPSA) is 84.6 Å². The second kappa shape index (κ2) is 12.6. The fraction of sp³-hybridized carbons (Fsp3) is 0.550. The monoisotopic (exact) mass is 501 g/mol. The summed E-state index contributed by atoms with van der Waals surface area (Å²) in [7, 11) is 0. The maximum absolute atomic E-state index is 5.98. The minimum atomic E-state index is -0.0221. The number of aliphatic imine (C=N–C) groups is 1. The molecule has 0 saturated carbocycles. The van der Waals surface area contributed by atoms with E-state index in [4.69, 9.17) is 9.26 Å². The third kappa shape index (κ3) is 8.04. The lowest BCUT2D eigenvalue weighted by atomic mass is 10.2. The van der Waals surface area contributed by atoms with E-state index in [1.165, 1.54) is 0 Å². The first kappa shape index (κ1) is 24.2. The Kier molecular flexibility index (Phi) is 10.9. The van der Waals surface area contributed by atoms with Gasteiger partial charge < -0.3 is 19.9 Å². The molecule has 8 heteroatoms. The molecule has 28 heavy (non-hydrogen) atoms. The van der Waals surface area contributed by atoms with Crippen LogP contribution in [0.5, 0.6) is 5.75 Å². The molecule has 0 bridgehead atoms. The van der Waals surface area contributed by atoms with Crippen LogP contribution < -0.4 is 15.4 Å². The highest BCUT2D eigenvalue weighted by molar-refractivity contribution is 14.0. The van der Waals surface area contributed by atoms with Crippen molar-refractivity contribution in [2.24, 2.45) is 4.99 Å². The SMILES string of the molecule is CCNC(=NCC(C)Oc1ccccc1C)NCCc1nc(C(C)C)no1.I. The third-order valence-electron chi connectivity index (χ3n) is 3.90. The summed E-state index contributed by atoms with van der Waals surface area (Å²) in [5.74, 6) is 3.30. The van der Waals surface area contributed by atoms with E-state index >= 15 is 0 Å². The molecular weight excluding hydrogens is 469 g/mol. The molecule has 1 aromatic heterocycles. The van der Waals surface area contributed by atoms with Crippen LogP contribution in [0.25, 0.3) is 0 Å². The van der Waals surface area contributed by atoms with Crippen LogP contribution in [-0.4, -0.2) is 41.8 Å². The molecule has 0 spiro atoms. The van der Waals surface area contributed by atoms with Crippen LogP contribution in [0.2, 0.25) is 0 Å². The number of aromatic nitrogens is 2. The predicted octanol–water partition coefficient (Wildman–Crippen LogP) is 3.68. The lowest BCUT2D eigenvalue weighted by Gasteiger charge is -2.16. The number of hydrogen-bond donors (Lipinski definition) is 2. The molecule has 1 heterocycles. The van der Waals surface area contributed by atoms with Crippen molar-refractivity contribution in [3.05, 3.63) is 41.5 Å². The van der Waals surface area contributed by atoms with Crippen LogP contribution in [0.3, 0.4) is 0 Å². The minimum Gasteiger partial charge on any atom is -0.489 e. The van der Waals surface area contributed by atoms with Gasteiger partial charge in [0.05, 0.1) is 6.54 Å². The van der Waals surface area contributed by atoms with E-state index in [2.05, 4.69) is 25.8 Å². The predicted molar refractivity (Wildman–Crippen MR) is 123 cm³/mol. The van der Waals surface area contributed by atoms with Gasteiger partial charge >= 0.3 is 0 Å². The van der Waals surface area contributed by atoms with Crippen molar-refractivity contribution in [3.63, 3.8) is 0 Å². The van der Waals surface area contributed by atoms with Crippen molar-refractivity contribution in [1.82, 2.24) is 20.8 Å². The highest BCUT2D eigenvalue weighted by Gasteiger charge is 2.10. The van der Waals surface area contributed by atoms with E-state index in [9.17, 15) is 0 Å². The maximum atomic E-state index is 5.98. The summed E-state index contributed by atoms with van der Waals surface area (Å²) in [6.07, 6.45) is 0.630. The van der Waals surface area contributed by atoms with Gasteiger partial charge in [0.2, 0.25) is 5.89 Å². The molecule has 1 unspecified atom stereocenters. The number of nitrogens with one attached hydrogen (secondary N) is 2. The maximum Gasteiger partial charge on any atom is 0.228 e. The van der Waals surface area contributed by atoms with Gasteiger partial charge in [0.25, 0.3) is 0 Å². The van der Waals surface area contributed by atoms with Crippen molar-refractivity contribution in [1.29, 1.82) is 0 Å². The lowest BCUT2D eigenvalue weighted by Crippen LogP contribution is -2.39. The molecule has 2 rings (SSSR count). The molecule has 0 saturated heterocycles. The number of guanidine groups is 1. The summed E-state index contributed by atoms with van der Waals surface area (Å²) >= 11 is 0. The fourth-order valence-corrected chi connectivity index (χ4v) is 2.40. The van der Waals surface area contributed by atoms with Crippen LogP contribution in [0.4, 0.5) is 0 Å². The summed E-state index contributed by atoms with van der Waals surface area (Å²) < 4.78 is 11.2. The molecule has 1 atom stereocenters. The molecular formula is C20H32IN5O2. The quantitative estimate of drug-likeness (QED) is 0.310. The van der Waals surface area contributed by atoms with Gasteiger partial charge in [-0.2, -0.15) is 4.98 Å². The summed E-state index contributed by atoms with van der Waals surface area (Å²) in [4.78, 5) is 8.99. The zero-order valence-corrected chi connectivity index (χ0v) is 19.7. The van der Waals surface area contributed by atoms with E-state index in [1.807, 2.05) is 58.9 Å². The van der Waals surface area contributed by atoms with Gasteiger partial charge in [0.1, 0.15) is 11.9 Å². The molecule has 1 aromatic carbocycles. The van der Waals surface area contributed by atoms with Gasteiger partial charge in [-0.05, 0) is 32.4 Å². The average molecular weight is 501 g/mol. The normalized spacial score (nSPS) is 12.4. The van der Waals surface area contributed by atoms with E-state index in [1.54, 1.807) is 0 Å². The Bertz CT molecular complexity index is 733. The number of halogens is 1. The highest BCUT2D eigenvalue weighted by Crippen LogP contribution is 2.17. The summed E-state index contributed by atoms with van der Waals surface area (Å²) in [5.41, 5.74) is 1.12. The van der Waals surface area contributed by atoms with Crippen molar-refractivity contribution in [2.45, 2.75) is 53.1 Å². The number of para-hydroxylation sites is 1. The molecule has 7 nitrogen and oxygen atoms in total. The van der Waals surface area contributed by atoms with Crippen molar-refractivity contribution in [2.75, 3.05) is 19.6 Å². The van der Waals surface area contributed by atoms with Crippen LogP contribution in [0.15, 0.2) is 33.8 Å². The van der Waals surface area contributed by atoms with Gasteiger partial charge in [-0.25, -0.2) is 4.99 Å². The zero-order valence-electron chi connectivity index (χ0n) is 17.4. The number of nitrogens with zero attached hydrogens (tertiary/aromatic N) is 3. The third-order valence-corrected chi connectivity index (χ3v) is 3.90. The van der Waals surface area contributed by atoms with Crippen LogP contribution in [0, 0.1) is 6.92 Å². The number of aryl methyl sites for hydroxylation is 1. The molecule has 0 fully saturated rings. The molecule has 2 N–H and O–H groups in total. The van der Waals surface area contributed by atoms with Crippen molar-refractivity contribution < 1.29 is 9.26 Å². The Morgan fingerprint density at radius 3 is 2.61 bits per heavy atom. The summed E-state index contributed by atoms with van der Waals surface area (Å²) in [6.45, 7) is 12.2. The zero-order chi connectivity index (χ0) is 19.6. The van der Waals surface area contributed by atoms with Crippen molar-refractivity contribution in [3.8, 4) is 5.75 Å². The van der Waals surface area contributed by atoms with Gasteiger partial charge in [0.15, 0.2) is 11.8 Å². The van der Waals surface area contributed by atoms with Gasteiger partial charge in [-0.3, -0.25) is 0 Å². The molecule has 0 amide bonds. The Balaban J connectivity index is 0.00000392. The number of ether oxygens (including phenoxy) is 1. The Hall–Kier alpha value is -1.84.